The monoisotopic (exact) mass is 301 g/mol. The minimum absolute atomic E-state index is 0.294. The number of benzene rings is 1. The smallest absolute Gasteiger partial charge is 0.231 e. The van der Waals surface area contributed by atoms with Gasteiger partial charge in [-0.05, 0) is 31.0 Å². The molecule has 2 aliphatic rings. The Kier molecular flexibility index (Phi) is 3.23. The van der Waals surface area contributed by atoms with Gasteiger partial charge in [0.05, 0.1) is 5.69 Å². The number of hydrogen-bond donors (Lipinski definition) is 1. The molecule has 108 valence electrons. The summed E-state index contributed by atoms with van der Waals surface area (Å²) < 4.78 is 10.7. The maximum atomic E-state index is 5.41. The Morgan fingerprint density at radius 2 is 2.10 bits per heavy atom. The van der Waals surface area contributed by atoms with E-state index in [1.807, 2.05) is 23.6 Å². The van der Waals surface area contributed by atoms with Crippen molar-refractivity contribution >= 4 is 22.3 Å². The van der Waals surface area contributed by atoms with Crippen LogP contribution in [-0.2, 0) is 0 Å². The van der Waals surface area contributed by atoms with Crippen molar-refractivity contribution < 1.29 is 9.47 Å². The first-order valence-electron chi connectivity index (χ1n) is 7.04. The van der Waals surface area contributed by atoms with Crippen molar-refractivity contribution in [2.24, 2.45) is 4.99 Å². The van der Waals surface area contributed by atoms with Gasteiger partial charge in [0, 0.05) is 23.9 Å². The Balaban J connectivity index is 1.55. The second kappa shape index (κ2) is 5.37. The van der Waals surface area contributed by atoms with Gasteiger partial charge in [-0.1, -0.05) is 0 Å². The molecule has 0 saturated carbocycles. The second-order valence-electron chi connectivity index (χ2n) is 5.02. The molecule has 0 unspecified atom stereocenters. The third-order valence-corrected chi connectivity index (χ3v) is 4.31. The van der Waals surface area contributed by atoms with Crippen LogP contribution < -0.4 is 14.8 Å². The molecule has 21 heavy (non-hydrogen) atoms. The summed E-state index contributed by atoms with van der Waals surface area (Å²) in [6.07, 6.45) is 3.40. The van der Waals surface area contributed by atoms with Gasteiger partial charge >= 0.3 is 0 Å². The van der Waals surface area contributed by atoms with Crippen LogP contribution in [0.25, 0.3) is 11.3 Å². The molecule has 4 rings (SSSR count). The van der Waals surface area contributed by atoms with E-state index in [9.17, 15) is 0 Å². The highest BCUT2D eigenvalue weighted by Gasteiger charge is 2.15. The predicted octanol–water partition coefficient (Wildman–Crippen LogP) is 3.53. The topological polar surface area (TPSA) is 55.7 Å². The summed E-state index contributed by atoms with van der Waals surface area (Å²) in [6, 6.07) is 5.90. The summed E-state index contributed by atoms with van der Waals surface area (Å²) in [5.41, 5.74) is 1.98. The fourth-order valence-corrected chi connectivity index (χ4v) is 3.18. The van der Waals surface area contributed by atoms with Gasteiger partial charge in [0.1, 0.15) is 5.84 Å². The van der Waals surface area contributed by atoms with Gasteiger partial charge in [-0.2, -0.15) is 0 Å². The lowest BCUT2D eigenvalue weighted by Crippen LogP contribution is -2.15. The van der Waals surface area contributed by atoms with Crippen LogP contribution in [0.1, 0.15) is 19.3 Å². The summed E-state index contributed by atoms with van der Waals surface area (Å²) in [5.74, 6) is 2.63. The molecule has 1 N–H and O–H groups in total. The number of hydrogen-bond acceptors (Lipinski definition) is 6. The molecule has 0 bridgehead atoms. The molecule has 2 aliphatic heterocycles. The molecule has 0 amide bonds. The van der Waals surface area contributed by atoms with Gasteiger partial charge in [-0.25, -0.2) is 4.98 Å². The number of nitrogens with one attached hydrogen (secondary N) is 1. The molecular formula is C15H15N3O2S. The Morgan fingerprint density at radius 1 is 1.14 bits per heavy atom. The van der Waals surface area contributed by atoms with Crippen molar-refractivity contribution in [3.05, 3.63) is 23.6 Å². The van der Waals surface area contributed by atoms with E-state index in [0.29, 0.717) is 6.79 Å². The number of anilines is 1. The lowest BCUT2D eigenvalue weighted by atomic mass is 10.1. The molecule has 6 heteroatoms. The lowest BCUT2D eigenvalue weighted by Gasteiger charge is -2.11. The summed E-state index contributed by atoms with van der Waals surface area (Å²) >= 11 is 1.60. The highest BCUT2D eigenvalue weighted by molar-refractivity contribution is 7.14. The van der Waals surface area contributed by atoms with Crippen molar-refractivity contribution in [2.45, 2.75) is 19.3 Å². The number of aromatic nitrogens is 1. The van der Waals surface area contributed by atoms with E-state index in [-0.39, 0.29) is 0 Å². The van der Waals surface area contributed by atoms with Crippen LogP contribution in [-0.4, -0.2) is 24.2 Å². The van der Waals surface area contributed by atoms with Crippen LogP contribution in [0.2, 0.25) is 0 Å². The van der Waals surface area contributed by atoms with Crippen molar-refractivity contribution in [3.63, 3.8) is 0 Å². The summed E-state index contributed by atoms with van der Waals surface area (Å²) in [7, 11) is 0. The van der Waals surface area contributed by atoms with Crippen LogP contribution in [0.15, 0.2) is 28.6 Å². The van der Waals surface area contributed by atoms with Gasteiger partial charge in [-0.3, -0.25) is 4.99 Å². The van der Waals surface area contributed by atoms with Crippen LogP contribution in [0, 0.1) is 0 Å². The van der Waals surface area contributed by atoms with Crippen molar-refractivity contribution in [3.8, 4) is 22.8 Å². The molecule has 0 spiro atoms. The predicted molar refractivity (Wildman–Crippen MR) is 83.4 cm³/mol. The second-order valence-corrected chi connectivity index (χ2v) is 5.87. The highest BCUT2D eigenvalue weighted by atomic mass is 32.1. The zero-order valence-electron chi connectivity index (χ0n) is 11.5. The molecule has 1 aromatic carbocycles. The summed E-state index contributed by atoms with van der Waals surface area (Å²) in [5, 5.41) is 6.26. The van der Waals surface area contributed by atoms with Crippen molar-refractivity contribution in [2.75, 3.05) is 18.7 Å². The number of rotatable bonds is 2. The number of amidine groups is 1. The van der Waals surface area contributed by atoms with Gasteiger partial charge in [0.15, 0.2) is 16.6 Å². The minimum Gasteiger partial charge on any atom is -0.454 e. The molecule has 0 aliphatic carbocycles. The molecular weight excluding hydrogens is 286 g/mol. The first-order chi connectivity index (χ1) is 10.4. The molecule has 0 atom stereocenters. The quantitative estimate of drug-likeness (QED) is 0.922. The van der Waals surface area contributed by atoms with Crippen LogP contribution in [0.4, 0.5) is 5.13 Å². The van der Waals surface area contributed by atoms with Gasteiger partial charge in [0.25, 0.3) is 0 Å². The molecule has 0 radical (unpaired) electrons. The molecule has 3 heterocycles. The molecule has 2 aromatic rings. The zero-order chi connectivity index (χ0) is 14.1. The molecule has 1 aromatic heterocycles. The first kappa shape index (κ1) is 12.6. The van der Waals surface area contributed by atoms with Crippen molar-refractivity contribution in [1.82, 2.24) is 4.98 Å². The maximum Gasteiger partial charge on any atom is 0.231 e. The van der Waals surface area contributed by atoms with Gasteiger partial charge in [0.2, 0.25) is 6.79 Å². The van der Waals surface area contributed by atoms with E-state index in [4.69, 9.17) is 9.47 Å². The minimum atomic E-state index is 0.294. The zero-order valence-corrected chi connectivity index (χ0v) is 12.3. The van der Waals surface area contributed by atoms with E-state index in [1.165, 1.54) is 12.8 Å². The number of fused-ring (bicyclic) bond motifs is 1. The summed E-state index contributed by atoms with van der Waals surface area (Å²) in [6.45, 7) is 1.21. The fourth-order valence-electron chi connectivity index (χ4n) is 2.44. The Labute approximate surface area is 126 Å². The van der Waals surface area contributed by atoms with Crippen LogP contribution >= 0.6 is 11.3 Å². The maximum absolute atomic E-state index is 5.41. The van der Waals surface area contributed by atoms with E-state index in [0.717, 1.165) is 46.7 Å². The van der Waals surface area contributed by atoms with E-state index >= 15 is 0 Å². The SMILES string of the molecule is c1cc2c(cc1-c1csc(NC3=NCCCC3)n1)OCO2. The Bertz CT molecular complexity index is 696. The van der Waals surface area contributed by atoms with E-state index in [1.54, 1.807) is 11.3 Å². The normalized spacial score (nSPS) is 16.7. The summed E-state index contributed by atoms with van der Waals surface area (Å²) in [4.78, 5) is 9.12. The number of nitrogens with zero attached hydrogens (tertiary/aromatic N) is 2. The van der Waals surface area contributed by atoms with Crippen LogP contribution in [0.5, 0.6) is 11.5 Å². The highest BCUT2D eigenvalue weighted by Crippen LogP contribution is 2.36. The Morgan fingerprint density at radius 3 is 3.00 bits per heavy atom. The molecule has 5 nitrogen and oxygen atoms in total. The Hall–Kier alpha value is -2.08. The number of thiazole rings is 1. The van der Waals surface area contributed by atoms with Crippen LogP contribution in [0.3, 0.4) is 0 Å². The molecule has 0 fully saturated rings. The third-order valence-electron chi connectivity index (χ3n) is 3.55. The van der Waals surface area contributed by atoms with Gasteiger partial charge in [-0.15, -0.1) is 11.3 Å². The third kappa shape index (κ3) is 2.58. The molecule has 0 saturated heterocycles. The standard InChI is InChI=1S/C15H15N3O2S/c1-2-6-16-14(3-1)18-15-17-11(8-21-15)10-4-5-12-13(7-10)20-9-19-12/h4-5,7-8H,1-3,6,9H2,(H,16,17,18). The average Bonchev–Trinajstić information content (AvgIpc) is 3.16. The average molecular weight is 301 g/mol. The number of aliphatic imine (C=N–C) groups is 1. The van der Waals surface area contributed by atoms with E-state index < -0.39 is 0 Å². The number of ether oxygens (including phenoxy) is 2. The lowest BCUT2D eigenvalue weighted by molar-refractivity contribution is 0.174. The van der Waals surface area contributed by atoms with E-state index in [2.05, 4.69) is 15.3 Å². The first-order valence-corrected chi connectivity index (χ1v) is 7.92. The fraction of sp³-hybridized carbons (Fsp3) is 0.333. The van der Waals surface area contributed by atoms with Gasteiger partial charge < -0.3 is 14.8 Å². The largest absolute Gasteiger partial charge is 0.454 e. The van der Waals surface area contributed by atoms with Crippen molar-refractivity contribution in [1.29, 1.82) is 0 Å².